The van der Waals surface area contributed by atoms with Crippen molar-refractivity contribution in [1.29, 1.82) is 0 Å². The molecule has 2 rings (SSSR count). The van der Waals surface area contributed by atoms with Gasteiger partial charge in [-0.2, -0.15) is 0 Å². The van der Waals surface area contributed by atoms with Gasteiger partial charge in [-0.25, -0.2) is 4.79 Å². The summed E-state index contributed by atoms with van der Waals surface area (Å²) < 4.78 is 22.0. The average molecular weight is 552 g/mol. The van der Waals surface area contributed by atoms with Gasteiger partial charge in [-0.05, 0) is 48.8 Å². The van der Waals surface area contributed by atoms with Gasteiger partial charge in [0.05, 0.1) is 19.8 Å². The van der Waals surface area contributed by atoms with Crippen LogP contribution in [0.1, 0.15) is 52.5 Å². The van der Waals surface area contributed by atoms with Crippen LogP contribution in [0.25, 0.3) is 0 Å². The van der Waals surface area contributed by atoms with Crippen molar-refractivity contribution in [3.8, 4) is 11.5 Å². The molecule has 1 saturated heterocycles. The first-order valence-corrected chi connectivity index (χ1v) is 11.9. The quantitative estimate of drug-likeness (QED) is 0.254. The van der Waals surface area contributed by atoms with Gasteiger partial charge in [0.25, 0.3) is 0 Å². The number of carbonyl (C=O) groups excluding carboxylic acids is 2. The van der Waals surface area contributed by atoms with Gasteiger partial charge in [-0.3, -0.25) is 6.29 Å². The maximum absolute atomic E-state index is 12.0. The van der Waals surface area contributed by atoms with Crippen LogP contribution >= 0.6 is 0 Å². The zero-order valence-corrected chi connectivity index (χ0v) is 24.3. The molecule has 0 spiro atoms. The molecule has 8 heteroatoms. The predicted molar refractivity (Wildman–Crippen MR) is 127 cm³/mol. The van der Waals surface area contributed by atoms with Gasteiger partial charge in [-0.1, -0.05) is 39.7 Å². The Bertz CT molecular complexity index is 757. The molecule has 0 bridgehead atoms. The molecule has 7 nitrogen and oxygen atoms in total. The average Bonchev–Trinajstić information content (AvgIpc) is 3.13. The summed E-state index contributed by atoms with van der Waals surface area (Å²) in [4.78, 5) is 23.4. The van der Waals surface area contributed by atoms with E-state index in [1.54, 1.807) is 14.2 Å². The largest absolute Gasteiger partial charge is 0.542 e. The third-order valence-corrected chi connectivity index (χ3v) is 6.43. The van der Waals surface area contributed by atoms with E-state index < -0.39 is 6.09 Å². The zero-order chi connectivity index (χ0) is 24.4. The summed E-state index contributed by atoms with van der Waals surface area (Å²) in [6.07, 6.45) is 4.30. The SMILES string of the molecule is COCCCOc1cc(C[C@@H](C[C@@H]2NC(=O)O[C@H]2C[C@H]([C-]=O)C(C)C)C(C)C)ccc1OC.[Y]. The molecule has 1 aliphatic heterocycles. The van der Waals surface area contributed by atoms with E-state index in [4.69, 9.17) is 18.9 Å². The smallest absolute Gasteiger partial charge is 0.407 e. The van der Waals surface area contributed by atoms with Crippen LogP contribution in [0.4, 0.5) is 4.79 Å². The van der Waals surface area contributed by atoms with Crippen LogP contribution in [0.15, 0.2) is 18.2 Å². The second-order valence-corrected chi connectivity index (χ2v) is 9.52. The van der Waals surface area contributed by atoms with Crippen LogP contribution in [0, 0.1) is 23.7 Å². The van der Waals surface area contributed by atoms with Gasteiger partial charge in [0.1, 0.15) is 6.10 Å². The Labute approximate surface area is 229 Å². The number of benzene rings is 1. The van der Waals surface area contributed by atoms with Gasteiger partial charge in [0.15, 0.2) is 11.5 Å². The molecule has 1 fully saturated rings. The van der Waals surface area contributed by atoms with E-state index in [1.165, 1.54) is 0 Å². The molecule has 1 aromatic carbocycles. The summed E-state index contributed by atoms with van der Waals surface area (Å²) in [6.45, 7) is 9.57. The molecule has 0 saturated carbocycles. The summed E-state index contributed by atoms with van der Waals surface area (Å²) in [5.74, 6) is 2.05. The zero-order valence-electron chi connectivity index (χ0n) is 21.5. The fraction of sp³-hybridized carbons (Fsp3) is 0.692. The minimum Gasteiger partial charge on any atom is -0.542 e. The fourth-order valence-corrected chi connectivity index (χ4v) is 4.19. The van der Waals surface area contributed by atoms with Crippen molar-refractivity contribution in [2.75, 3.05) is 27.4 Å². The Kier molecular flexibility index (Phi) is 14.3. The Morgan fingerprint density at radius 2 is 1.79 bits per heavy atom. The van der Waals surface area contributed by atoms with E-state index >= 15 is 0 Å². The van der Waals surface area contributed by atoms with E-state index in [2.05, 4.69) is 31.5 Å². The molecule has 4 atom stereocenters. The molecule has 0 aromatic heterocycles. The number of rotatable bonds is 15. The van der Waals surface area contributed by atoms with Gasteiger partial charge in [0.2, 0.25) is 0 Å². The number of carbonyl (C=O) groups is 1. The summed E-state index contributed by atoms with van der Waals surface area (Å²) in [6, 6.07) is 5.92. The van der Waals surface area contributed by atoms with E-state index in [9.17, 15) is 9.59 Å². The number of methoxy groups -OCH3 is 2. The van der Waals surface area contributed by atoms with E-state index in [0.29, 0.717) is 37.2 Å². The number of hydrogen-bond acceptors (Lipinski definition) is 6. The monoisotopic (exact) mass is 551 g/mol. The molecule has 0 aliphatic carbocycles. The van der Waals surface area contributed by atoms with E-state index in [0.717, 1.165) is 30.6 Å². The molecule has 1 amide bonds. The van der Waals surface area contributed by atoms with Crippen LogP contribution in [-0.2, 0) is 53.4 Å². The normalized spacial score (nSPS) is 19.2. The molecule has 189 valence electrons. The van der Waals surface area contributed by atoms with Crippen molar-refractivity contribution < 1.29 is 61.2 Å². The van der Waals surface area contributed by atoms with E-state index in [1.807, 2.05) is 26.0 Å². The van der Waals surface area contributed by atoms with Crippen LogP contribution in [0.2, 0.25) is 0 Å². The maximum Gasteiger partial charge on any atom is 0.407 e. The molecule has 1 aliphatic rings. The van der Waals surface area contributed by atoms with Gasteiger partial charge in [-0.15, -0.1) is 5.92 Å². The first-order valence-electron chi connectivity index (χ1n) is 11.9. The number of alkyl carbamates (subject to hydrolysis) is 1. The molecule has 1 heterocycles. The number of hydrogen-bond donors (Lipinski definition) is 1. The third kappa shape index (κ3) is 9.46. The van der Waals surface area contributed by atoms with Crippen molar-refractivity contribution in [3.05, 3.63) is 23.8 Å². The number of nitrogens with one attached hydrogen (secondary N) is 1. The second kappa shape index (κ2) is 15.7. The predicted octanol–water partition coefficient (Wildman–Crippen LogP) is 4.56. The molecular formula is C26H40NO6Y-. The number of ether oxygens (including phenoxy) is 4. The van der Waals surface area contributed by atoms with Crippen LogP contribution in [0.3, 0.4) is 0 Å². The summed E-state index contributed by atoms with van der Waals surface area (Å²) in [7, 11) is 3.31. The van der Waals surface area contributed by atoms with Crippen LogP contribution in [0.5, 0.6) is 11.5 Å². The third-order valence-electron chi connectivity index (χ3n) is 6.43. The number of cyclic esters (lactones) is 1. The number of amides is 1. The molecule has 0 unspecified atom stereocenters. The minimum atomic E-state index is -0.405. The van der Waals surface area contributed by atoms with Crippen molar-refractivity contribution in [2.24, 2.45) is 23.7 Å². The molecule has 34 heavy (non-hydrogen) atoms. The van der Waals surface area contributed by atoms with Crippen molar-refractivity contribution in [2.45, 2.75) is 65.5 Å². The molecule has 1 radical (unpaired) electrons. The Morgan fingerprint density at radius 3 is 2.38 bits per heavy atom. The van der Waals surface area contributed by atoms with Gasteiger partial charge < -0.3 is 29.1 Å². The van der Waals surface area contributed by atoms with Crippen molar-refractivity contribution in [1.82, 2.24) is 5.32 Å². The summed E-state index contributed by atoms with van der Waals surface area (Å²) >= 11 is 0. The van der Waals surface area contributed by atoms with E-state index in [-0.39, 0.29) is 56.7 Å². The summed E-state index contributed by atoms with van der Waals surface area (Å²) in [5, 5.41) is 2.97. The first kappa shape index (κ1) is 30.9. The molecule has 1 N–H and O–H groups in total. The Balaban J connectivity index is 0.00000578. The standard InChI is InChI=1S/C26H40NO6.Y/c1-17(2)20(14-22-24(33-26(29)27-22)15-21(16-28)18(3)4)12-19-8-9-23(31-6)25(13-19)32-11-7-10-30-5;/h8-9,13,17-18,20-22,24H,7,10-12,14-15H2,1-6H3,(H,27,29);/q-1;/t20-,21+,22-,24-;/m0./s1. The Hall–Kier alpha value is -1.18. The van der Waals surface area contributed by atoms with Crippen molar-refractivity contribution >= 4 is 12.4 Å². The van der Waals surface area contributed by atoms with Crippen LogP contribution < -0.4 is 14.8 Å². The van der Waals surface area contributed by atoms with Crippen LogP contribution in [-0.4, -0.2) is 52.0 Å². The first-order chi connectivity index (χ1) is 15.8. The summed E-state index contributed by atoms with van der Waals surface area (Å²) in [5.41, 5.74) is 1.15. The van der Waals surface area contributed by atoms with Gasteiger partial charge in [0, 0.05) is 52.8 Å². The maximum atomic E-state index is 12.0. The molecule has 1 aromatic rings. The Morgan fingerprint density at radius 1 is 1.06 bits per heavy atom. The fourth-order valence-electron chi connectivity index (χ4n) is 4.19. The topological polar surface area (TPSA) is 83.1 Å². The second-order valence-electron chi connectivity index (χ2n) is 9.52. The van der Waals surface area contributed by atoms with Crippen molar-refractivity contribution in [3.63, 3.8) is 0 Å². The van der Waals surface area contributed by atoms with Gasteiger partial charge >= 0.3 is 6.09 Å². The molecular weight excluding hydrogens is 511 g/mol. The minimum absolute atomic E-state index is 0.